The zero-order chi connectivity index (χ0) is 10.5. The molecule has 0 aromatic rings. The zero-order valence-corrected chi connectivity index (χ0v) is 10.4. The van der Waals surface area contributed by atoms with Gasteiger partial charge in [0.25, 0.3) is 0 Å². The largest absolute Gasteiger partial charge is 0.371 e. The maximum absolute atomic E-state index is 11.4. The second-order valence-corrected chi connectivity index (χ2v) is 4.57. The van der Waals surface area contributed by atoms with Gasteiger partial charge in [-0.2, -0.15) is 0 Å². The average molecular weight is 249 g/mol. The van der Waals surface area contributed by atoms with Crippen molar-refractivity contribution in [1.82, 2.24) is 10.6 Å². The van der Waals surface area contributed by atoms with Gasteiger partial charge in [-0.05, 0) is 38.1 Å². The molecule has 1 atom stereocenters. The van der Waals surface area contributed by atoms with Gasteiger partial charge in [0, 0.05) is 12.6 Å². The third-order valence-corrected chi connectivity index (χ3v) is 2.95. The molecular weight excluding hydrogens is 228 g/mol. The molecule has 0 spiro atoms. The Morgan fingerprint density at radius 2 is 2.19 bits per heavy atom. The fraction of sp³-hybridized carbons (Fsp3) is 0.909. The van der Waals surface area contributed by atoms with Crippen LogP contribution in [0, 0.1) is 5.92 Å². The average Bonchev–Trinajstić information content (AvgIpc) is 3.03. The molecule has 16 heavy (non-hydrogen) atoms. The summed E-state index contributed by atoms with van der Waals surface area (Å²) in [4.78, 5) is 11.4. The Bertz CT molecular complexity index is 216. The van der Waals surface area contributed by atoms with Crippen LogP contribution in [0.15, 0.2) is 0 Å². The summed E-state index contributed by atoms with van der Waals surface area (Å²) in [5, 5.41) is 6.26. The van der Waals surface area contributed by atoms with Crippen LogP contribution in [0.3, 0.4) is 0 Å². The van der Waals surface area contributed by atoms with Gasteiger partial charge in [-0.25, -0.2) is 0 Å². The molecule has 1 saturated carbocycles. The molecule has 2 rings (SSSR count). The third kappa shape index (κ3) is 5.14. The molecule has 1 aliphatic heterocycles. The lowest BCUT2D eigenvalue weighted by atomic mass is 10.1. The number of halogens is 1. The first-order chi connectivity index (χ1) is 7.34. The first-order valence-electron chi connectivity index (χ1n) is 5.92. The molecule has 0 bridgehead atoms. The molecule has 2 N–H and O–H groups in total. The Labute approximate surface area is 103 Å². The minimum atomic E-state index is 0. The standard InChI is InChI=1S/C11H20N2O2.ClH/c14-11(8-15-7-9-3-4-9)13-10-2-1-5-12-6-10;/h9-10,12H,1-8H2,(H,13,14);1H/t10-;/m0./s1. The Balaban J connectivity index is 0.00000128. The summed E-state index contributed by atoms with van der Waals surface area (Å²) in [6.45, 7) is 2.96. The first kappa shape index (κ1) is 13.7. The van der Waals surface area contributed by atoms with Crippen LogP contribution in [-0.4, -0.2) is 38.3 Å². The number of nitrogens with one attached hydrogen (secondary N) is 2. The summed E-state index contributed by atoms with van der Waals surface area (Å²) >= 11 is 0. The van der Waals surface area contributed by atoms with Crippen molar-refractivity contribution in [3.63, 3.8) is 0 Å². The van der Waals surface area contributed by atoms with E-state index in [2.05, 4.69) is 10.6 Å². The quantitative estimate of drug-likeness (QED) is 0.753. The lowest BCUT2D eigenvalue weighted by molar-refractivity contribution is -0.126. The summed E-state index contributed by atoms with van der Waals surface area (Å²) in [7, 11) is 0. The molecular formula is C11H21ClN2O2. The number of ether oxygens (including phenoxy) is 1. The van der Waals surface area contributed by atoms with E-state index in [1.54, 1.807) is 0 Å². The Morgan fingerprint density at radius 1 is 1.38 bits per heavy atom. The van der Waals surface area contributed by atoms with Gasteiger partial charge in [0.05, 0.1) is 6.61 Å². The van der Waals surface area contributed by atoms with Crippen molar-refractivity contribution in [3.05, 3.63) is 0 Å². The van der Waals surface area contributed by atoms with Gasteiger partial charge in [0.2, 0.25) is 5.91 Å². The highest BCUT2D eigenvalue weighted by molar-refractivity contribution is 5.85. The van der Waals surface area contributed by atoms with E-state index < -0.39 is 0 Å². The van der Waals surface area contributed by atoms with Crippen molar-refractivity contribution < 1.29 is 9.53 Å². The Kier molecular flexibility index (Phi) is 6.09. The van der Waals surface area contributed by atoms with Crippen molar-refractivity contribution >= 4 is 18.3 Å². The van der Waals surface area contributed by atoms with E-state index in [4.69, 9.17) is 4.74 Å². The number of amides is 1. The fourth-order valence-corrected chi connectivity index (χ4v) is 1.85. The smallest absolute Gasteiger partial charge is 0.246 e. The molecule has 0 aromatic heterocycles. The van der Waals surface area contributed by atoms with Gasteiger partial charge in [-0.15, -0.1) is 12.4 Å². The highest BCUT2D eigenvalue weighted by Crippen LogP contribution is 2.28. The van der Waals surface area contributed by atoms with E-state index in [-0.39, 0.29) is 24.9 Å². The van der Waals surface area contributed by atoms with E-state index in [1.807, 2.05) is 0 Å². The first-order valence-corrected chi connectivity index (χ1v) is 5.92. The Hall–Kier alpha value is -0.320. The lowest BCUT2D eigenvalue weighted by Gasteiger charge is -2.23. The summed E-state index contributed by atoms with van der Waals surface area (Å²) in [6.07, 6.45) is 4.78. The van der Waals surface area contributed by atoms with Crippen LogP contribution in [0.5, 0.6) is 0 Å². The predicted molar refractivity (Wildman–Crippen MR) is 64.8 cm³/mol. The topological polar surface area (TPSA) is 50.4 Å². The van der Waals surface area contributed by atoms with Crippen molar-refractivity contribution in [3.8, 4) is 0 Å². The van der Waals surface area contributed by atoms with E-state index in [0.29, 0.717) is 6.04 Å². The molecule has 4 nitrogen and oxygen atoms in total. The molecule has 1 aliphatic carbocycles. The molecule has 2 aliphatic rings. The van der Waals surface area contributed by atoms with Gasteiger partial charge < -0.3 is 15.4 Å². The van der Waals surface area contributed by atoms with Crippen molar-refractivity contribution in [2.45, 2.75) is 31.7 Å². The van der Waals surface area contributed by atoms with Crippen LogP contribution < -0.4 is 10.6 Å². The zero-order valence-electron chi connectivity index (χ0n) is 9.54. The van der Waals surface area contributed by atoms with E-state index in [0.717, 1.165) is 38.5 Å². The molecule has 0 unspecified atom stereocenters. The predicted octanol–water partition coefficient (Wildman–Crippen LogP) is 0.703. The van der Waals surface area contributed by atoms with Crippen molar-refractivity contribution in [1.29, 1.82) is 0 Å². The number of carbonyl (C=O) groups is 1. The second kappa shape index (κ2) is 7.09. The number of hydrogen-bond donors (Lipinski definition) is 2. The molecule has 1 amide bonds. The van der Waals surface area contributed by atoms with Crippen LogP contribution in [0.4, 0.5) is 0 Å². The summed E-state index contributed by atoms with van der Waals surface area (Å²) in [6, 6.07) is 0.302. The van der Waals surface area contributed by atoms with Gasteiger partial charge in [0.1, 0.15) is 6.61 Å². The van der Waals surface area contributed by atoms with E-state index >= 15 is 0 Å². The normalized spacial score (nSPS) is 24.6. The molecule has 5 heteroatoms. The molecule has 1 saturated heterocycles. The maximum Gasteiger partial charge on any atom is 0.246 e. The fourth-order valence-electron chi connectivity index (χ4n) is 1.85. The summed E-state index contributed by atoms with van der Waals surface area (Å²) < 4.78 is 5.33. The molecule has 94 valence electrons. The SMILES string of the molecule is Cl.O=C(COCC1CC1)N[C@H]1CCCNC1. The lowest BCUT2D eigenvalue weighted by Crippen LogP contribution is -2.46. The van der Waals surface area contributed by atoms with Crippen molar-refractivity contribution in [2.75, 3.05) is 26.3 Å². The van der Waals surface area contributed by atoms with Crippen LogP contribution in [0.2, 0.25) is 0 Å². The van der Waals surface area contributed by atoms with Crippen LogP contribution in [-0.2, 0) is 9.53 Å². The van der Waals surface area contributed by atoms with Gasteiger partial charge >= 0.3 is 0 Å². The number of hydrogen-bond acceptors (Lipinski definition) is 3. The minimum Gasteiger partial charge on any atom is -0.371 e. The molecule has 2 fully saturated rings. The third-order valence-electron chi connectivity index (χ3n) is 2.95. The van der Waals surface area contributed by atoms with Crippen LogP contribution in [0.25, 0.3) is 0 Å². The van der Waals surface area contributed by atoms with E-state index in [1.165, 1.54) is 12.8 Å². The minimum absolute atomic E-state index is 0. The second-order valence-electron chi connectivity index (χ2n) is 4.57. The highest BCUT2D eigenvalue weighted by Gasteiger charge is 2.22. The maximum atomic E-state index is 11.4. The highest BCUT2D eigenvalue weighted by atomic mass is 35.5. The Morgan fingerprint density at radius 3 is 2.81 bits per heavy atom. The monoisotopic (exact) mass is 248 g/mol. The van der Waals surface area contributed by atoms with Crippen LogP contribution in [0.1, 0.15) is 25.7 Å². The number of carbonyl (C=O) groups excluding carboxylic acids is 1. The summed E-state index contributed by atoms with van der Waals surface area (Å²) in [5.74, 6) is 0.762. The van der Waals surface area contributed by atoms with Gasteiger partial charge in [0.15, 0.2) is 0 Å². The molecule has 0 aromatic carbocycles. The molecule has 0 radical (unpaired) electrons. The van der Waals surface area contributed by atoms with Crippen molar-refractivity contribution in [2.24, 2.45) is 5.92 Å². The number of piperidine rings is 1. The van der Waals surface area contributed by atoms with Crippen LogP contribution >= 0.6 is 12.4 Å². The number of rotatable bonds is 5. The summed E-state index contributed by atoms with van der Waals surface area (Å²) in [5.41, 5.74) is 0. The molecule has 1 heterocycles. The van der Waals surface area contributed by atoms with Gasteiger partial charge in [-0.1, -0.05) is 0 Å². The van der Waals surface area contributed by atoms with E-state index in [9.17, 15) is 4.79 Å². The van der Waals surface area contributed by atoms with Gasteiger partial charge in [-0.3, -0.25) is 4.79 Å².